The minimum absolute atomic E-state index is 0.00770. The number of nitrogens with zero attached hydrogens (tertiary/aromatic N) is 1. The molecule has 100 valence electrons. The Labute approximate surface area is 109 Å². The third-order valence-electron chi connectivity index (χ3n) is 3.22. The number of Topliss-reactive ketones (excluding diaryl/α,β-unsaturated/α-hetero) is 1. The van der Waals surface area contributed by atoms with Crippen molar-refractivity contribution in [2.75, 3.05) is 20.2 Å². The maximum Gasteiger partial charge on any atom is 0.176 e. The maximum absolute atomic E-state index is 12.0. The van der Waals surface area contributed by atoms with Crippen molar-refractivity contribution in [3.63, 3.8) is 0 Å². The number of likely N-dealkylation sites (N-methyl/N-ethyl adjacent to an activating group) is 1. The quantitative estimate of drug-likeness (QED) is 0.753. The molecule has 1 atom stereocenters. The second-order valence-corrected chi connectivity index (χ2v) is 4.82. The van der Waals surface area contributed by atoms with Crippen molar-refractivity contribution in [2.45, 2.75) is 32.7 Å². The molecule has 0 aliphatic rings. The average Bonchev–Trinajstić information content (AvgIpc) is 2.38. The summed E-state index contributed by atoms with van der Waals surface area (Å²) in [6.07, 6.45) is 2.17. The van der Waals surface area contributed by atoms with Gasteiger partial charge in [-0.15, -0.1) is 0 Å². The van der Waals surface area contributed by atoms with Gasteiger partial charge in [-0.25, -0.2) is 0 Å². The van der Waals surface area contributed by atoms with Crippen LogP contribution < -0.4 is 0 Å². The molecule has 1 unspecified atom stereocenters. The fourth-order valence-electron chi connectivity index (χ4n) is 1.76. The van der Waals surface area contributed by atoms with Crippen LogP contribution >= 0.6 is 0 Å². The maximum atomic E-state index is 12.0. The van der Waals surface area contributed by atoms with Gasteiger partial charge >= 0.3 is 0 Å². The molecule has 1 aromatic carbocycles. The molecule has 0 saturated carbocycles. The largest absolute Gasteiger partial charge is 0.395 e. The van der Waals surface area contributed by atoms with Gasteiger partial charge in [0.15, 0.2) is 5.78 Å². The summed E-state index contributed by atoms with van der Waals surface area (Å²) in [7, 11) is 1.85. The third-order valence-corrected chi connectivity index (χ3v) is 3.22. The van der Waals surface area contributed by atoms with Crippen LogP contribution in [0.25, 0.3) is 0 Å². The zero-order valence-electron chi connectivity index (χ0n) is 11.5. The molecule has 1 N–H and O–H groups in total. The molecule has 3 nitrogen and oxygen atoms in total. The number of hydrogen-bond donors (Lipinski definition) is 1. The highest BCUT2D eigenvalue weighted by molar-refractivity contribution is 5.97. The van der Waals surface area contributed by atoms with Crippen molar-refractivity contribution >= 4 is 5.78 Å². The number of aliphatic hydroxyl groups is 1. The second kappa shape index (κ2) is 7.29. The topological polar surface area (TPSA) is 40.5 Å². The van der Waals surface area contributed by atoms with E-state index in [1.165, 1.54) is 5.56 Å². The molecule has 0 fully saturated rings. The summed E-state index contributed by atoms with van der Waals surface area (Å²) in [5.74, 6) is 0.0980. The van der Waals surface area contributed by atoms with Gasteiger partial charge in [0, 0.05) is 11.6 Å². The summed E-state index contributed by atoms with van der Waals surface area (Å²) >= 11 is 0. The molecular weight excluding hydrogens is 226 g/mol. The van der Waals surface area contributed by atoms with Crippen LogP contribution in [0.3, 0.4) is 0 Å². The Hall–Kier alpha value is -1.19. The molecule has 0 aliphatic carbocycles. The minimum atomic E-state index is 0.00770. The zero-order valence-corrected chi connectivity index (χ0v) is 11.5. The van der Waals surface area contributed by atoms with Crippen molar-refractivity contribution in [1.82, 2.24) is 4.90 Å². The van der Waals surface area contributed by atoms with E-state index in [2.05, 4.69) is 6.92 Å². The molecule has 0 saturated heterocycles. The molecule has 1 rings (SSSR count). The van der Waals surface area contributed by atoms with Gasteiger partial charge in [-0.2, -0.15) is 0 Å². The van der Waals surface area contributed by atoms with Crippen LogP contribution in [-0.2, 0) is 6.42 Å². The Kier molecular flexibility index (Phi) is 6.02. The highest BCUT2D eigenvalue weighted by atomic mass is 16.3. The van der Waals surface area contributed by atoms with Crippen molar-refractivity contribution in [3.05, 3.63) is 35.4 Å². The van der Waals surface area contributed by atoms with Crippen LogP contribution in [0, 0.1) is 0 Å². The van der Waals surface area contributed by atoms with E-state index in [4.69, 9.17) is 5.11 Å². The highest BCUT2D eigenvalue weighted by Gasteiger charge is 2.13. The number of aryl methyl sites for hydroxylation is 1. The van der Waals surface area contributed by atoms with Crippen molar-refractivity contribution in [3.8, 4) is 0 Å². The van der Waals surface area contributed by atoms with E-state index in [9.17, 15) is 4.79 Å². The summed E-state index contributed by atoms with van der Waals surface area (Å²) in [5, 5.41) is 9.03. The smallest absolute Gasteiger partial charge is 0.176 e. The van der Waals surface area contributed by atoms with Crippen molar-refractivity contribution < 1.29 is 9.90 Å². The number of carbonyl (C=O) groups excluding carboxylic acids is 1. The average molecular weight is 249 g/mol. The lowest BCUT2D eigenvalue weighted by Gasteiger charge is -2.21. The Balaban J connectivity index is 2.61. The third kappa shape index (κ3) is 4.24. The van der Waals surface area contributed by atoms with Gasteiger partial charge in [-0.05, 0) is 26.0 Å². The summed E-state index contributed by atoms with van der Waals surface area (Å²) < 4.78 is 0. The summed E-state index contributed by atoms with van der Waals surface area (Å²) in [4.78, 5) is 13.9. The van der Waals surface area contributed by atoms with Gasteiger partial charge in [0.2, 0.25) is 0 Å². The predicted molar refractivity (Wildman–Crippen MR) is 73.9 cm³/mol. The van der Waals surface area contributed by atoms with Crippen LogP contribution in [0.1, 0.15) is 36.2 Å². The lowest BCUT2D eigenvalue weighted by Crippen LogP contribution is -2.36. The van der Waals surface area contributed by atoms with E-state index in [0.29, 0.717) is 6.54 Å². The van der Waals surface area contributed by atoms with Gasteiger partial charge in [0.05, 0.1) is 13.2 Å². The Morgan fingerprint density at radius 1 is 1.33 bits per heavy atom. The Morgan fingerprint density at radius 3 is 2.44 bits per heavy atom. The first-order valence-electron chi connectivity index (χ1n) is 6.51. The van der Waals surface area contributed by atoms with Crippen LogP contribution in [0.5, 0.6) is 0 Å². The Morgan fingerprint density at radius 2 is 1.94 bits per heavy atom. The number of aliphatic hydroxyl groups excluding tert-OH is 1. The first kappa shape index (κ1) is 14.9. The molecule has 1 aromatic rings. The van der Waals surface area contributed by atoms with Crippen molar-refractivity contribution in [2.24, 2.45) is 0 Å². The van der Waals surface area contributed by atoms with Gasteiger partial charge < -0.3 is 5.11 Å². The molecule has 0 amide bonds. The SMILES string of the molecule is CCCc1ccc(C(=O)CN(C)C(C)CO)cc1. The number of hydrogen-bond acceptors (Lipinski definition) is 3. The summed E-state index contributed by atoms with van der Waals surface area (Å²) in [6.45, 7) is 4.45. The second-order valence-electron chi connectivity index (χ2n) is 4.82. The van der Waals surface area contributed by atoms with Gasteiger partial charge in [-0.3, -0.25) is 9.69 Å². The van der Waals surface area contributed by atoms with E-state index in [1.54, 1.807) is 0 Å². The van der Waals surface area contributed by atoms with Gasteiger partial charge in [0.25, 0.3) is 0 Å². The highest BCUT2D eigenvalue weighted by Crippen LogP contribution is 2.08. The van der Waals surface area contributed by atoms with E-state index in [1.807, 2.05) is 43.1 Å². The van der Waals surface area contributed by atoms with E-state index >= 15 is 0 Å². The van der Waals surface area contributed by atoms with E-state index in [-0.39, 0.29) is 18.4 Å². The minimum Gasteiger partial charge on any atom is -0.395 e. The molecule has 0 radical (unpaired) electrons. The van der Waals surface area contributed by atoms with Gasteiger partial charge in [0.1, 0.15) is 0 Å². The van der Waals surface area contributed by atoms with E-state index in [0.717, 1.165) is 18.4 Å². The Bertz CT molecular complexity index is 373. The number of rotatable bonds is 7. The number of ketones is 1. The van der Waals surface area contributed by atoms with Crippen LogP contribution in [0.4, 0.5) is 0 Å². The lowest BCUT2D eigenvalue weighted by molar-refractivity contribution is 0.0890. The summed E-state index contributed by atoms with van der Waals surface area (Å²) in [5.41, 5.74) is 2.01. The molecule has 3 heteroatoms. The molecule has 0 bridgehead atoms. The number of benzene rings is 1. The molecule has 0 aromatic heterocycles. The normalized spacial score (nSPS) is 12.7. The molecule has 0 aliphatic heterocycles. The van der Waals surface area contributed by atoms with Crippen LogP contribution in [0.2, 0.25) is 0 Å². The molecule has 18 heavy (non-hydrogen) atoms. The zero-order chi connectivity index (χ0) is 13.5. The van der Waals surface area contributed by atoms with E-state index < -0.39 is 0 Å². The van der Waals surface area contributed by atoms with Crippen molar-refractivity contribution in [1.29, 1.82) is 0 Å². The molecule has 0 spiro atoms. The fourth-order valence-corrected chi connectivity index (χ4v) is 1.76. The van der Waals surface area contributed by atoms with Crippen LogP contribution in [0.15, 0.2) is 24.3 Å². The fraction of sp³-hybridized carbons (Fsp3) is 0.533. The number of carbonyl (C=O) groups is 1. The molecule has 0 heterocycles. The van der Waals surface area contributed by atoms with Crippen LogP contribution in [-0.4, -0.2) is 42.0 Å². The lowest BCUT2D eigenvalue weighted by atomic mass is 10.0. The molecular formula is C15H23NO2. The monoisotopic (exact) mass is 249 g/mol. The first-order chi connectivity index (χ1) is 8.58. The first-order valence-corrected chi connectivity index (χ1v) is 6.51. The predicted octanol–water partition coefficient (Wildman–Crippen LogP) is 2.13. The standard InChI is InChI=1S/C15H23NO2/c1-4-5-13-6-8-14(9-7-13)15(18)10-16(3)12(2)11-17/h6-9,12,17H,4-5,10-11H2,1-3H3. The summed E-state index contributed by atoms with van der Waals surface area (Å²) in [6, 6.07) is 7.84. The van der Waals surface area contributed by atoms with Gasteiger partial charge in [-0.1, -0.05) is 37.6 Å².